The van der Waals surface area contributed by atoms with E-state index in [4.69, 9.17) is 4.74 Å². The molecule has 0 saturated carbocycles. The number of aromatic hydroxyl groups is 1. The van der Waals surface area contributed by atoms with E-state index < -0.39 is 0 Å². The molecule has 0 bridgehead atoms. The van der Waals surface area contributed by atoms with Crippen molar-refractivity contribution in [2.75, 3.05) is 26.0 Å². The Bertz CT molecular complexity index is 813. The molecular formula is C18H22N2O4S3. The zero-order chi connectivity index (χ0) is 19.2. The summed E-state index contributed by atoms with van der Waals surface area (Å²) in [6, 6.07) is 7.53. The molecule has 0 radical (unpaired) electrons. The zero-order valence-electron chi connectivity index (χ0n) is 15.0. The van der Waals surface area contributed by atoms with Crippen molar-refractivity contribution in [1.29, 1.82) is 0 Å². The van der Waals surface area contributed by atoms with Gasteiger partial charge in [-0.1, -0.05) is 45.1 Å². The smallest absolute Gasteiger partial charge is 0.307 e. The van der Waals surface area contributed by atoms with Crippen LogP contribution in [-0.4, -0.2) is 52.1 Å². The third-order valence-corrected chi connectivity index (χ3v) is 8.05. The van der Waals surface area contributed by atoms with Gasteiger partial charge in [0.25, 0.3) is 0 Å². The van der Waals surface area contributed by atoms with Crippen LogP contribution in [0.4, 0.5) is 0 Å². The van der Waals surface area contributed by atoms with Crippen LogP contribution in [0, 0.1) is 0 Å². The standard InChI is InChI=1S/C18H22N2O4S3/c1-20(16(21)11-14-6-9-25-27-14)7-8-24-13-4-2-12(3-5-13)10-15-17(22)19-18(23)26-15/h2-5,14,22H,6-11H2,1H3,(H,19,23). The number of nitrogens with zero attached hydrogens (tertiary/aromatic N) is 1. The molecule has 9 heteroatoms. The fourth-order valence-corrected chi connectivity index (χ4v) is 6.29. The van der Waals surface area contributed by atoms with E-state index in [9.17, 15) is 14.7 Å². The van der Waals surface area contributed by atoms with Crippen molar-refractivity contribution in [1.82, 2.24) is 9.88 Å². The number of aromatic amines is 1. The largest absolute Gasteiger partial charge is 0.494 e. The van der Waals surface area contributed by atoms with Gasteiger partial charge in [0.2, 0.25) is 11.8 Å². The number of amides is 1. The van der Waals surface area contributed by atoms with E-state index >= 15 is 0 Å². The predicted octanol–water partition coefficient (Wildman–Crippen LogP) is 3.11. The maximum atomic E-state index is 12.2. The highest BCUT2D eigenvalue weighted by molar-refractivity contribution is 8.77. The van der Waals surface area contributed by atoms with Crippen molar-refractivity contribution in [3.63, 3.8) is 0 Å². The number of hydrogen-bond donors (Lipinski definition) is 2. The number of hydrogen-bond acceptors (Lipinski definition) is 7. The summed E-state index contributed by atoms with van der Waals surface area (Å²) < 4.78 is 5.72. The first-order valence-electron chi connectivity index (χ1n) is 8.66. The molecule has 2 aromatic rings. The van der Waals surface area contributed by atoms with Crippen molar-refractivity contribution in [2.45, 2.75) is 24.5 Å². The molecule has 146 valence electrons. The van der Waals surface area contributed by atoms with E-state index in [1.165, 1.54) is 0 Å². The number of likely N-dealkylation sites (N-methyl/N-ethyl adjacent to an activating group) is 1. The lowest BCUT2D eigenvalue weighted by Gasteiger charge is -2.19. The fourth-order valence-electron chi connectivity index (χ4n) is 2.64. The second kappa shape index (κ2) is 9.57. The summed E-state index contributed by atoms with van der Waals surface area (Å²) in [4.78, 5) is 27.9. The number of rotatable bonds is 8. The van der Waals surface area contributed by atoms with Crippen molar-refractivity contribution in [3.05, 3.63) is 44.4 Å². The van der Waals surface area contributed by atoms with Gasteiger partial charge in [0.05, 0.1) is 11.4 Å². The van der Waals surface area contributed by atoms with Crippen molar-refractivity contribution < 1.29 is 14.6 Å². The summed E-state index contributed by atoms with van der Waals surface area (Å²) in [5.41, 5.74) is 0.979. The Kier molecular flexibility index (Phi) is 7.14. The Hall–Kier alpha value is -1.58. The Morgan fingerprint density at radius 2 is 2.15 bits per heavy atom. The van der Waals surface area contributed by atoms with Gasteiger partial charge in [0.1, 0.15) is 12.4 Å². The molecule has 3 rings (SSSR count). The summed E-state index contributed by atoms with van der Waals surface area (Å²) in [5, 5.41) is 10.1. The van der Waals surface area contributed by atoms with Crippen molar-refractivity contribution in [3.8, 4) is 11.6 Å². The lowest BCUT2D eigenvalue weighted by atomic mass is 10.1. The molecule has 1 amide bonds. The highest BCUT2D eigenvalue weighted by atomic mass is 33.1. The number of carbonyl (C=O) groups excluding carboxylic acids is 1. The molecule has 1 atom stereocenters. The molecule has 1 aromatic heterocycles. The normalized spacial score (nSPS) is 16.4. The molecule has 2 N–H and O–H groups in total. The Morgan fingerprint density at radius 3 is 2.78 bits per heavy atom. The molecule has 1 saturated heterocycles. The predicted molar refractivity (Wildman–Crippen MR) is 112 cm³/mol. The van der Waals surface area contributed by atoms with E-state index in [2.05, 4.69) is 4.98 Å². The summed E-state index contributed by atoms with van der Waals surface area (Å²) in [7, 11) is 5.48. The summed E-state index contributed by atoms with van der Waals surface area (Å²) in [5.74, 6) is 1.97. The van der Waals surface area contributed by atoms with Crippen LogP contribution in [0.3, 0.4) is 0 Å². The average molecular weight is 427 g/mol. The monoisotopic (exact) mass is 426 g/mol. The van der Waals surface area contributed by atoms with Gasteiger partial charge in [-0.3, -0.25) is 14.6 Å². The molecule has 6 nitrogen and oxygen atoms in total. The number of carbonyl (C=O) groups is 1. The Balaban J connectivity index is 1.42. The number of thiazole rings is 1. The molecule has 0 spiro atoms. The second-order valence-electron chi connectivity index (χ2n) is 6.30. The van der Waals surface area contributed by atoms with Crippen LogP contribution in [-0.2, 0) is 11.2 Å². The molecule has 1 fully saturated rings. The molecular weight excluding hydrogens is 404 g/mol. The second-order valence-corrected chi connectivity index (χ2v) is 10.2. The van der Waals surface area contributed by atoms with E-state index in [1.807, 2.05) is 52.9 Å². The van der Waals surface area contributed by atoms with Gasteiger partial charge in [-0.25, -0.2) is 0 Å². The van der Waals surface area contributed by atoms with Crippen LogP contribution >= 0.6 is 32.9 Å². The molecule has 1 aliphatic heterocycles. The summed E-state index contributed by atoms with van der Waals surface area (Å²) in [6.07, 6.45) is 2.19. The van der Waals surface area contributed by atoms with Crippen LogP contribution in [0.2, 0.25) is 0 Å². The lowest BCUT2D eigenvalue weighted by Crippen LogP contribution is -2.32. The topological polar surface area (TPSA) is 82.6 Å². The first-order valence-corrected chi connectivity index (χ1v) is 11.9. The van der Waals surface area contributed by atoms with E-state index in [-0.39, 0.29) is 16.7 Å². The third-order valence-electron chi connectivity index (χ3n) is 4.24. The van der Waals surface area contributed by atoms with E-state index in [1.54, 1.807) is 4.90 Å². The summed E-state index contributed by atoms with van der Waals surface area (Å²) in [6.45, 7) is 0.991. The zero-order valence-corrected chi connectivity index (χ0v) is 17.4. The number of nitrogens with one attached hydrogen (secondary N) is 1. The maximum absolute atomic E-state index is 12.2. The minimum atomic E-state index is -0.258. The highest BCUT2D eigenvalue weighted by Crippen LogP contribution is 2.39. The van der Waals surface area contributed by atoms with Crippen LogP contribution in [0.5, 0.6) is 11.6 Å². The van der Waals surface area contributed by atoms with Gasteiger partial charge >= 0.3 is 4.87 Å². The molecule has 0 aliphatic carbocycles. The minimum absolute atomic E-state index is 0.0624. The average Bonchev–Trinajstić information content (AvgIpc) is 3.26. The van der Waals surface area contributed by atoms with Gasteiger partial charge in [-0.15, -0.1) is 0 Å². The molecule has 2 heterocycles. The number of H-pyrrole nitrogens is 1. The highest BCUT2D eigenvalue weighted by Gasteiger charge is 2.21. The summed E-state index contributed by atoms with van der Waals surface area (Å²) >= 11 is 1.01. The molecule has 1 aliphatic rings. The SMILES string of the molecule is CN(CCOc1ccc(Cc2sc(=O)[nH]c2O)cc1)C(=O)CC1CCSS1. The minimum Gasteiger partial charge on any atom is -0.494 e. The van der Waals surface area contributed by atoms with Crippen LogP contribution < -0.4 is 9.61 Å². The van der Waals surface area contributed by atoms with E-state index in [0.717, 1.165) is 34.8 Å². The van der Waals surface area contributed by atoms with Gasteiger partial charge in [0, 0.05) is 30.9 Å². The van der Waals surface area contributed by atoms with Gasteiger partial charge in [0.15, 0.2) is 0 Å². The van der Waals surface area contributed by atoms with E-state index in [0.29, 0.717) is 36.1 Å². The number of aromatic nitrogens is 1. The molecule has 1 aromatic carbocycles. The lowest BCUT2D eigenvalue weighted by molar-refractivity contribution is -0.130. The Labute approximate surface area is 169 Å². The Morgan fingerprint density at radius 1 is 1.37 bits per heavy atom. The number of benzene rings is 1. The first kappa shape index (κ1) is 20.2. The van der Waals surface area contributed by atoms with Crippen LogP contribution in [0.1, 0.15) is 23.3 Å². The maximum Gasteiger partial charge on any atom is 0.307 e. The van der Waals surface area contributed by atoms with Crippen LogP contribution in [0.15, 0.2) is 29.1 Å². The van der Waals surface area contributed by atoms with Gasteiger partial charge in [-0.05, 0) is 24.1 Å². The first-order chi connectivity index (χ1) is 13.0. The van der Waals surface area contributed by atoms with Crippen molar-refractivity contribution in [2.24, 2.45) is 0 Å². The van der Waals surface area contributed by atoms with Crippen LogP contribution in [0.25, 0.3) is 0 Å². The molecule has 1 unspecified atom stereocenters. The molecule has 27 heavy (non-hydrogen) atoms. The fraction of sp³-hybridized carbons (Fsp3) is 0.444. The van der Waals surface area contributed by atoms with Crippen molar-refractivity contribution >= 4 is 38.8 Å². The van der Waals surface area contributed by atoms with Gasteiger partial charge in [-0.2, -0.15) is 0 Å². The van der Waals surface area contributed by atoms with Gasteiger partial charge < -0.3 is 14.7 Å². The number of ether oxygens (including phenoxy) is 1. The third kappa shape index (κ3) is 5.95. The quantitative estimate of drug-likeness (QED) is 0.631.